The monoisotopic (exact) mass is 418 g/mol. The molecule has 1 amide bonds. The van der Waals surface area contributed by atoms with Crippen molar-refractivity contribution < 1.29 is 27.9 Å². The summed E-state index contributed by atoms with van der Waals surface area (Å²) in [6, 6.07) is 4.28. The molecule has 2 N–H and O–H groups in total. The predicted molar refractivity (Wildman–Crippen MR) is 98.6 cm³/mol. The van der Waals surface area contributed by atoms with Crippen molar-refractivity contribution in [3.8, 4) is 0 Å². The Balaban J connectivity index is 2.12. The van der Waals surface area contributed by atoms with Crippen molar-refractivity contribution in [2.75, 3.05) is 13.2 Å². The van der Waals surface area contributed by atoms with E-state index in [1.54, 1.807) is 20.8 Å². The molecule has 10 heteroatoms. The molecule has 1 aromatic rings. The number of halogens is 1. The molecule has 0 aliphatic carbocycles. The fourth-order valence-corrected chi connectivity index (χ4v) is 4.45. The predicted octanol–water partition coefficient (Wildman–Crippen LogP) is 0.922. The van der Waals surface area contributed by atoms with Gasteiger partial charge in [0.1, 0.15) is 6.04 Å². The van der Waals surface area contributed by atoms with E-state index in [9.17, 15) is 23.1 Å². The lowest BCUT2D eigenvalue weighted by atomic mass is 10.1. The first-order valence-electron chi connectivity index (χ1n) is 8.33. The Morgan fingerprint density at radius 1 is 1.30 bits per heavy atom. The molecular formula is C17H23ClN2O6S. The number of nitrogens with zero attached hydrogens (tertiary/aromatic N) is 1. The smallest absolute Gasteiger partial charge is 0.325 e. The first-order chi connectivity index (χ1) is 12.4. The maximum atomic E-state index is 12.8. The van der Waals surface area contributed by atoms with Crippen LogP contribution in [-0.2, 0) is 24.3 Å². The van der Waals surface area contributed by atoms with Crippen LogP contribution < -0.4 is 5.32 Å². The molecule has 150 valence electrons. The summed E-state index contributed by atoms with van der Waals surface area (Å²) >= 11 is 5.78. The van der Waals surface area contributed by atoms with Gasteiger partial charge in [-0.05, 0) is 45.0 Å². The Kier molecular flexibility index (Phi) is 6.51. The normalized spacial score (nSPS) is 21.1. The molecule has 8 nitrogen and oxygen atoms in total. The van der Waals surface area contributed by atoms with Crippen LogP contribution >= 0.6 is 11.6 Å². The second kappa shape index (κ2) is 8.14. The summed E-state index contributed by atoms with van der Waals surface area (Å²) in [5, 5.41) is 12.9. The fraction of sp³-hybridized carbons (Fsp3) is 0.529. The second-order valence-corrected chi connectivity index (χ2v) is 9.67. The standard InChI is InChI=1S/C17H23ClN2O6S/c1-17(2,3)19-15(22)10-26-16(23)14-8-12(21)9-20(14)27(24,25)13-6-4-11(18)5-7-13/h4-7,12,14,21H,8-10H2,1-3H3,(H,19,22)/t12-,14-/m0/s1. The number of aliphatic hydroxyl groups excluding tert-OH is 1. The molecule has 2 rings (SSSR count). The molecule has 1 saturated heterocycles. The van der Waals surface area contributed by atoms with Crippen molar-refractivity contribution in [3.05, 3.63) is 29.3 Å². The van der Waals surface area contributed by atoms with Crippen LogP contribution in [0, 0.1) is 0 Å². The summed E-state index contributed by atoms with van der Waals surface area (Å²) in [6.07, 6.45) is -1.11. The highest BCUT2D eigenvalue weighted by Gasteiger charge is 2.44. The minimum Gasteiger partial charge on any atom is -0.454 e. The number of hydrogen-bond acceptors (Lipinski definition) is 6. The third kappa shape index (κ3) is 5.65. The van der Waals surface area contributed by atoms with Gasteiger partial charge in [-0.1, -0.05) is 11.6 Å². The number of β-amino-alcohol motifs (C(OH)–C–C–N with tert-alkyl or cyclic N) is 1. The van der Waals surface area contributed by atoms with Gasteiger partial charge in [0.2, 0.25) is 10.0 Å². The van der Waals surface area contributed by atoms with Crippen LogP contribution in [0.15, 0.2) is 29.2 Å². The third-order valence-corrected chi connectivity index (χ3v) is 5.93. The number of carbonyl (C=O) groups is 2. The van der Waals surface area contributed by atoms with E-state index >= 15 is 0 Å². The molecule has 27 heavy (non-hydrogen) atoms. The van der Waals surface area contributed by atoms with E-state index in [1.165, 1.54) is 24.3 Å². The van der Waals surface area contributed by atoms with Crippen molar-refractivity contribution in [1.82, 2.24) is 9.62 Å². The zero-order valence-corrected chi connectivity index (χ0v) is 16.9. The molecule has 1 fully saturated rings. The van der Waals surface area contributed by atoms with Gasteiger partial charge >= 0.3 is 5.97 Å². The Morgan fingerprint density at radius 3 is 2.44 bits per heavy atom. The number of amides is 1. The Bertz CT molecular complexity index is 804. The largest absolute Gasteiger partial charge is 0.454 e. The summed E-state index contributed by atoms with van der Waals surface area (Å²) in [7, 11) is -4.04. The van der Waals surface area contributed by atoms with E-state index in [1.807, 2.05) is 0 Å². The average Bonchev–Trinajstić information content (AvgIpc) is 2.94. The summed E-state index contributed by atoms with van der Waals surface area (Å²) in [4.78, 5) is 24.1. The molecule has 1 aliphatic rings. The number of benzene rings is 1. The van der Waals surface area contributed by atoms with Gasteiger partial charge in [0.15, 0.2) is 6.61 Å². The number of sulfonamides is 1. The molecule has 0 bridgehead atoms. The van der Waals surface area contributed by atoms with E-state index in [0.29, 0.717) is 5.02 Å². The van der Waals surface area contributed by atoms with Gasteiger partial charge in [-0.25, -0.2) is 8.42 Å². The van der Waals surface area contributed by atoms with Gasteiger partial charge < -0.3 is 15.2 Å². The van der Waals surface area contributed by atoms with Crippen molar-refractivity contribution in [2.45, 2.75) is 49.8 Å². The number of esters is 1. The Hall–Kier alpha value is -1.68. The lowest BCUT2D eigenvalue weighted by molar-refractivity contribution is -0.152. The molecule has 0 unspecified atom stereocenters. The van der Waals surface area contributed by atoms with Crippen molar-refractivity contribution >= 4 is 33.5 Å². The minimum atomic E-state index is -4.04. The summed E-state index contributed by atoms with van der Waals surface area (Å²) in [6.45, 7) is 4.57. The lowest BCUT2D eigenvalue weighted by Gasteiger charge is -2.23. The van der Waals surface area contributed by atoms with Gasteiger partial charge in [0.05, 0.1) is 11.0 Å². The summed E-state index contributed by atoms with van der Waals surface area (Å²) < 4.78 is 31.5. The van der Waals surface area contributed by atoms with Gasteiger partial charge in [-0.15, -0.1) is 0 Å². The van der Waals surface area contributed by atoms with Gasteiger partial charge in [-0.3, -0.25) is 9.59 Å². The molecule has 2 atom stereocenters. The van der Waals surface area contributed by atoms with Crippen LogP contribution in [0.25, 0.3) is 0 Å². The highest BCUT2D eigenvalue weighted by molar-refractivity contribution is 7.89. The third-order valence-electron chi connectivity index (χ3n) is 3.79. The number of hydrogen-bond donors (Lipinski definition) is 2. The summed E-state index contributed by atoms with van der Waals surface area (Å²) in [5.41, 5.74) is -0.489. The van der Waals surface area contributed by atoms with Crippen LogP contribution in [-0.4, -0.2) is 60.5 Å². The molecule has 0 saturated carbocycles. The van der Waals surface area contributed by atoms with Gasteiger partial charge in [0.25, 0.3) is 5.91 Å². The molecule has 0 aromatic heterocycles. The van der Waals surface area contributed by atoms with E-state index in [2.05, 4.69) is 5.32 Å². The quantitative estimate of drug-likeness (QED) is 0.687. The van der Waals surface area contributed by atoms with Crippen molar-refractivity contribution in [2.24, 2.45) is 0 Å². The molecule has 1 aliphatic heterocycles. The molecular weight excluding hydrogens is 396 g/mol. The van der Waals surface area contributed by atoms with Crippen LogP contribution in [0.4, 0.5) is 0 Å². The highest BCUT2D eigenvalue weighted by Crippen LogP contribution is 2.28. The zero-order valence-electron chi connectivity index (χ0n) is 15.3. The second-order valence-electron chi connectivity index (χ2n) is 7.34. The SMILES string of the molecule is CC(C)(C)NC(=O)COC(=O)[C@@H]1C[C@H](O)CN1S(=O)(=O)c1ccc(Cl)cc1. The Morgan fingerprint density at radius 2 is 1.89 bits per heavy atom. The molecule has 0 radical (unpaired) electrons. The minimum absolute atomic E-state index is 0.0516. The van der Waals surface area contributed by atoms with E-state index in [0.717, 1.165) is 4.31 Å². The van der Waals surface area contributed by atoms with E-state index < -0.39 is 46.2 Å². The first-order valence-corrected chi connectivity index (χ1v) is 10.1. The Labute approximate surface area is 163 Å². The number of ether oxygens (including phenoxy) is 1. The van der Waals surface area contributed by atoms with E-state index in [-0.39, 0.29) is 17.9 Å². The van der Waals surface area contributed by atoms with Crippen LogP contribution in [0.2, 0.25) is 5.02 Å². The maximum Gasteiger partial charge on any atom is 0.325 e. The first kappa shape index (κ1) is 21.6. The van der Waals surface area contributed by atoms with Crippen LogP contribution in [0.5, 0.6) is 0 Å². The average molecular weight is 419 g/mol. The number of aliphatic hydroxyl groups is 1. The van der Waals surface area contributed by atoms with Crippen LogP contribution in [0.3, 0.4) is 0 Å². The highest BCUT2D eigenvalue weighted by atomic mass is 35.5. The lowest BCUT2D eigenvalue weighted by Crippen LogP contribution is -2.45. The topological polar surface area (TPSA) is 113 Å². The fourth-order valence-electron chi connectivity index (χ4n) is 2.69. The van der Waals surface area contributed by atoms with Crippen LogP contribution in [0.1, 0.15) is 27.2 Å². The van der Waals surface area contributed by atoms with E-state index in [4.69, 9.17) is 16.3 Å². The molecule has 0 spiro atoms. The van der Waals surface area contributed by atoms with Crippen molar-refractivity contribution in [3.63, 3.8) is 0 Å². The van der Waals surface area contributed by atoms with Gasteiger partial charge in [0, 0.05) is 23.5 Å². The maximum absolute atomic E-state index is 12.8. The zero-order chi connectivity index (χ0) is 20.4. The number of nitrogens with one attached hydrogen (secondary N) is 1. The molecule has 1 heterocycles. The van der Waals surface area contributed by atoms with Crippen molar-refractivity contribution in [1.29, 1.82) is 0 Å². The number of carbonyl (C=O) groups excluding carboxylic acids is 2. The number of rotatable bonds is 5. The van der Waals surface area contributed by atoms with Gasteiger partial charge in [-0.2, -0.15) is 4.31 Å². The molecule has 1 aromatic carbocycles. The summed E-state index contributed by atoms with van der Waals surface area (Å²) in [5.74, 6) is -1.38.